The van der Waals surface area contributed by atoms with Crippen molar-refractivity contribution in [1.29, 1.82) is 0 Å². The first kappa shape index (κ1) is 12.6. The van der Waals surface area contributed by atoms with Crippen molar-refractivity contribution >= 4 is 15.7 Å². The van der Waals surface area contributed by atoms with Gasteiger partial charge >= 0.3 is 0 Å². The van der Waals surface area contributed by atoms with Gasteiger partial charge in [-0.1, -0.05) is 12.1 Å². The molecule has 2 aromatic rings. The highest BCUT2D eigenvalue weighted by molar-refractivity contribution is 7.88. The smallest absolute Gasteiger partial charge is 0.216 e. The van der Waals surface area contributed by atoms with Gasteiger partial charge in [0.15, 0.2) is 0 Å². The van der Waals surface area contributed by atoms with Crippen molar-refractivity contribution in [3.63, 3.8) is 0 Å². The molecule has 0 saturated heterocycles. The van der Waals surface area contributed by atoms with Crippen molar-refractivity contribution in [2.45, 2.75) is 12.3 Å². The van der Waals surface area contributed by atoms with E-state index in [1.165, 1.54) is 0 Å². The van der Waals surface area contributed by atoms with Gasteiger partial charge in [0, 0.05) is 18.1 Å². The summed E-state index contributed by atoms with van der Waals surface area (Å²) in [4.78, 5) is 6.76. The summed E-state index contributed by atoms with van der Waals surface area (Å²) in [6.07, 6.45) is 3.21. The number of rotatable bonds is 5. The first-order valence-corrected chi connectivity index (χ1v) is 7.00. The van der Waals surface area contributed by atoms with Crippen LogP contribution in [0.5, 0.6) is 0 Å². The Labute approximate surface area is 105 Å². The number of hydrogen-bond acceptors (Lipinski definition) is 4. The molecule has 1 aromatic heterocycles. The Bertz CT molecular complexity index is 608. The molecule has 0 radical (unpaired) electrons. The minimum Gasteiger partial charge on any atom is -0.399 e. The van der Waals surface area contributed by atoms with Crippen molar-refractivity contribution in [1.82, 2.24) is 14.7 Å². The van der Waals surface area contributed by atoms with Crippen LogP contribution in [0, 0.1) is 0 Å². The normalized spacial score (nSPS) is 11.6. The molecule has 2 rings (SSSR count). The predicted molar refractivity (Wildman–Crippen MR) is 68.9 cm³/mol. The number of sulfonamides is 1. The highest BCUT2D eigenvalue weighted by Gasteiger charge is 2.11. The Kier molecular flexibility index (Phi) is 3.63. The van der Waals surface area contributed by atoms with Gasteiger partial charge in [0.05, 0.1) is 12.3 Å². The minimum atomic E-state index is -3.39. The maximum Gasteiger partial charge on any atom is 0.216 e. The Hall–Kier alpha value is -1.86. The molecule has 18 heavy (non-hydrogen) atoms. The van der Waals surface area contributed by atoms with E-state index in [-0.39, 0.29) is 12.3 Å². The van der Waals surface area contributed by atoms with Crippen LogP contribution in [0.4, 0.5) is 5.69 Å². The third-order valence-corrected chi connectivity index (χ3v) is 3.62. The lowest BCUT2D eigenvalue weighted by Crippen LogP contribution is -2.25. The van der Waals surface area contributed by atoms with Gasteiger partial charge in [0.2, 0.25) is 10.0 Å². The van der Waals surface area contributed by atoms with Crippen LogP contribution in [-0.4, -0.2) is 18.4 Å². The van der Waals surface area contributed by atoms with Gasteiger partial charge in [-0.2, -0.15) is 0 Å². The molecule has 0 aliphatic heterocycles. The first-order valence-electron chi connectivity index (χ1n) is 5.35. The van der Waals surface area contributed by atoms with Gasteiger partial charge in [-0.15, -0.1) is 0 Å². The monoisotopic (exact) mass is 266 g/mol. The van der Waals surface area contributed by atoms with Crippen LogP contribution in [0.25, 0.3) is 0 Å². The Morgan fingerprint density at radius 3 is 2.89 bits per heavy atom. The lowest BCUT2D eigenvalue weighted by molar-refractivity contribution is 0.579. The second-order valence-electron chi connectivity index (χ2n) is 3.86. The topological polar surface area (TPSA) is 101 Å². The van der Waals surface area contributed by atoms with Gasteiger partial charge in [-0.25, -0.2) is 18.1 Å². The molecular weight excluding hydrogens is 252 g/mol. The standard InChI is InChI=1S/C11H14N4O2S/c12-10-3-1-2-9(6-10)8-18(16,17)15-7-11-13-4-5-14-11/h1-6,15H,7-8,12H2,(H,13,14). The number of anilines is 1. The van der Waals surface area contributed by atoms with E-state index >= 15 is 0 Å². The number of nitrogens with two attached hydrogens (primary N) is 1. The summed E-state index contributed by atoms with van der Waals surface area (Å²) in [6, 6.07) is 6.81. The molecular formula is C11H14N4O2S. The first-order chi connectivity index (χ1) is 8.55. The highest BCUT2D eigenvalue weighted by Crippen LogP contribution is 2.09. The summed E-state index contributed by atoms with van der Waals surface area (Å²) in [5.74, 6) is 0.477. The summed E-state index contributed by atoms with van der Waals surface area (Å²) >= 11 is 0. The highest BCUT2D eigenvalue weighted by atomic mass is 32.2. The fraction of sp³-hybridized carbons (Fsp3) is 0.182. The van der Waals surface area contributed by atoms with Crippen molar-refractivity contribution in [2.75, 3.05) is 5.73 Å². The van der Waals surface area contributed by atoms with E-state index in [0.717, 1.165) is 0 Å². The maximum absolute atomic E-state index is 11.8. The van der Waals surface area contributed by atoms with Gasteiger partial charge in [-0.3, -0.25) is 0 Å². The fourth-order valence-electron chi connectivity index (χ4n) is 1.53. The largest absolute Gasteiger partial charge is 0.399 e. The summed E-state index contributed by atoms with van der Waals surface area (Å²) in [5.41, 5.74) is 6.80. The van der Waals surface area contributed by atoms with Crippen LogP contribution in [0.1, 0.15) is 11.4 Å². The molecule has 0 bridgehead atoms. The number of nitrogens with one attached hydrogen (secondary N) is 2. The molecule has 0 spiro atoms. The second kappa shape index (κ2) is 5.19. The third kappa shape index (κ3) is 3.57. The van der Waals surface area contributed by atoms with Gasteiger partial charge in [0.1, 0.15) is 5.82 Å². The van der Waals surface area contributed by atoms with Gasteiger partial charge in [0.25, 0.3) is 0 Å². The quantitative estimate of drug-likeness (QED) is 0.690. The number of hydrogen-bond donors (Lipinski definition) is 3. The number of nitrogens with zero attached hydrogens (tertiary/aromatic N) is 1. The van der Waals surface area contributed by atoms with E-state index in [1.807, 2.05) is 0 Å². The average Bonchev–Trinajstić information content (AvgIpc) is 2.78. The molecule has 0 amide bonds. The minimum absolute atomic E-state index is 0.0985. The van der Waals surface area contributed by atoms with E-state index in [9.17, 15) is 8.42 Å². The van der Waals surface area contributed by atoms with E-state index in [0.29, 0.717) is 17.1 Å². The Morgan fingerprint density at radius 1 is 1.39 bits per heavy atom. The van der Waals surface area contributed by atoms with E-state index in [4.69, 9.17) is 5.73 Å². The van der Waals surface area contributed by atoms with Crippen LogP contribution in [0.15, 0.2) is 36.7 Å². The zero-order valence-electron chi connectivity index (χ0n) is 9.63. The van der Waals surface area contributed by atoms with Gasteiger partial charge < -0.3 is 10.7 Å². The van der Waals surface area contributed by atoms with Crippen LogP contribution in [0.3, 0.4) is 0 Å². The number of aromatic amines is 1. The molecule has 0 fully saturated rings. The third-order valence-electron chi connectivity index (χ3n) is 2.32. The summed E-state index contributed by atoms with van der Waals surface area (Å²) in [6.45, 7) is 0.150. The lowest BCUT2D eigenvalue weighted by atomic mass is 10.2. The molecule has 0 aliphatic rings. The Morgan fingerprint density at radius 2 is 2.22 bits per heavy atom. The van der Waals surface area contributed by atoms with Gasteiger partial charge in [-0.05, 0) is 17.7 Å². The molecule has 0 aliphatic carbocycles. The number of aromatic nitrogens is 2. The van der Waals surface area contributed by atoms with Crippen LogP contribution in [0.2, 0.25) is 0 Å². The fourth-order valence-corrected chi connectivity index (χ4v) is 2.60. The number of nitrogen functional groups attached to an aromatic ring is 1. The SMILES string of the molecule is Nc1cccc(CS(=O)(=O)NCc2ncc[nH]2)c1. The molecule has 0 saturated carbocycles. The molecule has 4 N–H and O–H groups in total. The van der Waals surface area contributed by atoms with Crippen LogP contribution < -0.4 is 10.5 Å². The lowest BCUT2D eigenvalue weighted by Gasteiger charge is -2.06. The molecule has 1 heterocycles. The average molecular weight is 266 g/mol. The summed E-state index contributed by atoms with van der Waals surface area (Å²) in [7, 11) is -3.39. The predicted octanol–water partition coefficient (Wildman–Crippen LogP) is 0.611. The molecule has 0 unspecified atom stereocenters. The van der Waals surface area contributed by atoms with Crippen LogP contribution >= 0.6 is 0 Å². The summed E-state index contributed by atoms with van der Waals surface area (Å²) < 4.78 is 26.1. The van der Waals surface area contributed by atoms with E-state index < -0.39 is 10.0 Å². The maximum atomic E-state index is 11.8. The molecule has 96 valence electrons. The zero-order valence-corrected chi connectivity index (χ0v) is 10.4. The van der Waals surface area contributed by atoms with Crippen molar-refractivity contribution in [2.24, 2.45) is 0 Å². The van der Waals surface area contributed by atoms with Crippen molar-refractivity contribution in [3.05, 3.63) is 48.0 Å². The number of H-pyrrole nitrogens is 1. The zero-order chi connectivity index (χ0) is 13.0. The molecule has 7 heteroatoms. The van der Waals surface area contributed by atoms with E-state index in [2.05, 4.69) is 14.7 Å². The van der Waals surface area contributed by atoms with E-state index in [1.54, 1.807) is 36.7 Å². The molecule has 1 aromatic carbocycles. The number of benzene rings is 1. The number of imidazole rings is 1. The molecule has 6 nitrogen and oxygen atoms in total. The second-order valence-corrected chi connectivity index (χ2v) is 5.67. The Balaban J connectivity index is 1.99. The van der Waals surface area contributed by atoms with Crippen LogP contribution in [-0.2, 0) is 22.3 Å². The molecule has 0 atom stereocenters. The van der Waals surface area contributed by atoms with Crippen molar-refractivity contribution < 1.29 is 8.42 Å². The summed E-state index contributed by atoms with van der Waals surface area (Å²) in [5, 5.41) is 0. The van der Waals surface area contributed by atoms with Crippen molar-refractivity contribution in [3.8, 4) is 0 Å².